The molecule has 3 aromatic heterocycles. The first-order valence-electron chi connectivity index (χ1n) is 8.20. The fourth-order valence-corrected chi connectivity index (χ4v) is 3.08. The molecule has 0 saturated carbocycles. The number of thioether (sulfide) groups is 1. The van der Waals surface area contributed by atoms with Crippen molar-refractivity contribution in [3.8, 4) is 17.1 Å². The molecule has 0 aliphatic rings. The molecule has 0 aliphatic carbocycles. The van der Waals surface area contributed by atoms with Gasteiger partial charge in [-0.05, 0) is 17.9 Å². The number of fused-ring (bicyclic) bond motifs is 1. The number of carboxylic acids is 1. The SMILES string of the molecule is CCSc1nn2c(C(=O)O)ccnc2c1-c1ccc(OCC(F)(F)C(F)(F)F)nn1. The van der Waals surface area contributed by atoms with E-state index in [1.165, 1.54) is 30.1 Å². The molecule has 0 aliphatic heterocycles. The first-order chi connectivity index (χ1) is 14.0. The zero-order chi connectivity index (χ0) is 22.1. The molecule has 0 saturated heterocycles. The van der Waals surface area contributed by atoms with Crippen LogP contribution in [0, 0.1) is 0 Å². The third kappa shape index (κ3) is 4.13. The van der Waals surface area contributed by atoms with Crippen LogP contribution in [0.25, 0.3) is 16.9 Å². The van der Waals surface area contributed by atoms with Gasteiger partial charge in [-0.1, -0.05) is 6.92 Å². The maximum atomic E-state index is 13.0. The summed E-state index contributed by atoms with van der Waals surface area (Å²) in [6.07, 6.45) is -4.48. The first kappa shape index (κ1) is 21.7. The van der Waals surface area contributed by atoms with E-state index in [0.29, 0.717) is 16.3 Å². The minimum absolute atomic E-state index is 0.147. The molecule has 0 fully saturated rings. The van der Waals surface area contributed by atoms with E-state index >= 15 is 0 Å². The van der Waals surface area contributed by atoms with Gasteiger partial charge in [-0.2, -0.15) is 27.1 Å². The lowest BCUT2D eigenvalue weighted by molar-refractivity contribution is -0.290. The minimum atomic E-state index is -5.75. The average molecular weight is 449 g/mol. The van der Waals surface area contributed by atoms with Crippen molar-refractivity contribution in [2.75, 3.05) is 12.4 Å². The zero-order valence-electron chi connectivity index (χ0n) is 15.0. The minimum Gasteiger partial charge on any atom is -0.477 e. The van der Waals surface area contributed by atoms with Crippen molar-refractivity contribution in [3.05, 3.63) is 30.1 Å². The van der Waals surface area contributed by atoms with E-state index in [9.17, 15) is 31.9 Å². The second kappa shape index (κ2) is 8.01. The molecule has 0 bridgehead atoms. The lowest BCUT2D eigenvalue weighted by Gasteiger charge is -2.19. The maximum Gasteiger partial charge on any atom is 0.456 e. The molecule has 1 N–H and O–H groups in total. The summed E-state index contributed by atoms with van der Waals surface area (Å²) in [7, 11) is 0. The van der Waals surface area contributed by atoms with Crippen molar-refractivity contribution in [2.45, 2.75) is 24.0 Å². The van der Waals surface area contributed by atoms with Crippen molar-refractivity contribution in [1.29, 1.82) is 0 Å². The molecule has 8 nitrogen and oxygen atoms in total. The number of hydrogen-bond donors (Lipinski definition) is 1. The van der Waals surface area contributed by atoms with Crippen LogP contribution in [0.2, 0.25) is 0 Å². The molecule has 160 valence electrons. The second-order valence-corrected chi connectivity index (χ2v) is 6.98. The molecule has 3 heterocycles. The quantitative estimate of drug-likeness (QED) is 0.432. The molecule has 0 atom stereocenters. The summed E-state index contributed by atoms with van der Waals surface area (Å²) in [5, 5.41) is 21.3. The highest BCUT2D eigenvalue weighted by atomic mass is 32.2. The maximum absolute atomic E-state index is 13.0. The molecule has 30 heavy (non-hydrogen) atoms. The van der Waals surface area contributed by atoms with Crippen molar-refractivity contribution in [2.24, 2.45) is 0 Å². The zero-order valence-corrected chi connectivity index (χ0v) is 15.8. The Labute approximate surface area is 169 Å². The van der Waals surface area contributed by atoms with E-state index in [-0.39, 0.29) is 17.0 Å². The van der Waals surface area contributed by atoms with Crippen LogP contribution < -0.4 is 4.74 Å². The number of aromatic carboxylic acids is 1. The Balaban J connectivity index is 1.95. The van der Waals surface area contributed by atoms with Crippen molar-refractivity contribution in [1.82, 2.24) is 24.8 Å². The highest BCUT2D eigenvalue weighted by molar-refractivity contribution is 7.99. The number of alkyl halides is 5. The summed E-state index contributed by atoms with van der Waals surface area (Å²) in [4.78, 5) is 15.5. The van der Waals surface area contributed by atoms with Gasteiger partial charge < -0.3 is 9.84 Å². The molecule has 0 spiro atoms. The number of carboxylic acid groups (broad SMARTS) is 1. The number of hydrogen-bond acceptors (Lipinski definition) is 7. The van der Waals surface area contributed by atoms with Gasteiger partial charge in [0.05, 0.1) is 11.3 Å². The van der Waals surface area contributed by atoms with Gasteiger partial charge in [-0.3, -0.25) is 0 Å². The lowest BCUT2D eigenvalue weighted by atomic mass is 10.2. The lowest BCUT2D eigenvalue weighted by Crippen LogP contribution is -2.41. The second-order valence-electron chi connectivity index (χ2n) is 5.73. The Morgan fingerprint density at radius 1 is 1.20 bits per heavy atom. The number of nitrogens with zero attached hydrogens (tertiary/aromatic N) is 5. The van der Waals surface area contributed by atoms with Gasteiger partial charge >= 0.3 is 18.1 Å². The van der Waals surface area contributed by atoms with Crippen molar-refractivity contribution >= 4 is 23.4 Å². The van der Waals surface area contributed by atoms with Gasteiger partial charge in [0.25, 0.3) is 0 Å². The summed E-state index contributed by atoms with van der Waals surface area (Å²) in [6, 6.07) is 3.61. The number of aromatic nitrogens is 5. The Morgan fingerprint density at radius 3 is 2.50 bits per heavy atom. The molecule has 0 radical (unpaired) electrons. The molecule has 0 unspecified atom stereocenters. The van der Waals surface area contributed by atoms with Crippen LogP contribution in [0.15, 0.2) is 29.4 Å². The van der Waals surface area contributed by atoms with Gasteiger partial charge in [0.2, 0.25) is 5.88 Å². The molecule has 3 rings (SSSR count). The number of carbonyl (C=O) groups is 1. The third-order valence-corrected chi connectivity index (χ3v) is 4.55. The summed E-state index contributed by atoms with van der Waals surface area (Å²) in [6.45, 7) is -0.102. The van der Waals surface area contributed by atoms with Crippen LogP contribution in [0.3, 0.4) is 0 Å². The number of ether oxygens (including phenoxy) is 1. The first-order valence-corrected chi connectivity index (χ1v) is 9.19. The van der Waals surface area contributed by atoms with Crippen LogP contribution in [0.1, 0.15) is 17.4 Å². The predicted octanol–water partition coefficient (Wildman–Crippen LogP) is 3.57. The van der Waals surface area contributed by atoms with Crippen molar-refractivity contribution in [3.63, 3.8) is 0 Å². The molecule has 0 aromatic carbocycles. The van der Waals surface area contributed by atoms with E-state index in [1.54, 1.807) is 0 Å². The highest BCUT2D eigenvalue weighted by Gasteiger charge is 2.58. The Morgan fingerprint density at radius 2 is 1.93 bits per heavy atom. The molecular formula is C16H12F5N5O3S. The topological polar surface area (TPSA) is 103 Å². The van der Waals surface area contributed by atoms with Gasteiger partial charge in [0.15, 0.2) is 17.9 Å². The van der Waals surface area contributed by atoms with Crippen LogP contribution in [0.5, 0.6) is 5.88 Å². The largest absolute Gasteiger partial charge is 0.477 e. The Hall–Kier alpha value is -3.03. The van der Waals surface area contributed by atoms with E-state index in [4.69, 9.17) is 0 Å². The number of rotatable bonds is 7. The molecule has 0 amide bonds. The van der Waals surface area contributed by atoms with E-state index in [2.05, 4.69) is 25.0 Å². The van der Waals surface area contributed by atoms with Crippen LogP contribution in [0.4, 0.5) is 22.0 Å². The average Bonchev–Trinajstić information content (AvgIpc) is 3.04. The monoisotopic (exact) mass is 449 g/mol. The van der Waals surface area contributed by atoms with Gasteiger partial charge in [-0.15, -0.1) is 22.0 Å². The fraction of sp³-hybridized carbons (Fsp3) is 0.312. The van der Waals surface area contributed by atoms with E-state index in [1.807, 2.05) is 6.92 Å². The summed E-state index contributed by atoms with van der Waals surface area (Å²) in [5.74, 6) is -6.23. The van der Waals surface area contributed by atoms with E-state index in [0.717, 1.165) is 10.6 Å². The molecule has 14 heteroatoms. The smallest absolute Gasteiger partial charge is 0.456 e. The summed E-state index contributed by atoms with van der Waals surface area (Å²) >= 11 is 1.28. The Kier molecular flexibility index (Phi) is 5.78. The molecule has 3 aromatic rings. The standard InChI is InChI=1S/C16H12F5N5O3S/c1-2-30-13-11(12-22-6-5-9(14(27)28)26(12)25-13)8-3-4-10(24-23-8)29-7-15(17,18)16(19,20)21/h3-6H,2,7H2,1H3,(H,27,28). The van der Waals surface area contributed by atoms with Crippen LogP contribution in [-0.4, -0.2) is 60.3 Å². The fourth-order valence-electron chi connectivity index (χ4n) is 2.33. The Bertz CT molecular complexity index is 1070. The van der Waals surface area contributed by atoms with Crippen molar-refractivity contribution < 1.29 is 36.6 Å². The van der Waals surface area contributed by atoms with Crippen LogP contribution >= 0.6 is 11.8 Å². The van der Waals surface area contributed by atoms with Crippen LogP contribution in [-0.2, 0) is 0 Å². The highest BCUT2D eigenvalue weighted by Crippen LogP contribution is 2.36. The van der Waals surface area contributed by atoms with Gasteiger partial charge in [0.1, 0.15) is 5.03 Å². The summed E-state index contributed by atoms with van der Waals surface area (Å²) in [5.41, 5.74) is 0.513. The van der Waals surface area contributed by atoms with Gasteiger partial charge in [0, 0.05) is 12.3 Å². The number of halogens is 5. The van der Waals surface area contributed by atoms with E-state index < -0.39 is 30.6 Å². The van der Waals surface area contributed by atoms with Gasteiger partial charge in [-0.25, -0.2) is 14.3 Å². The predicted molar refractivity (Wildman–Crippen MR) is 93.9 cm³/mol. The summed E-state index contributed by atoms with van der Waals surface area (Å²) < 4.78 is 68.1. The normalized spacial score (nSPS) is 12.3. The molecular weight excluding hydrogens is 437 g/mol. The third-order valence-electron chi connectivity index (χ3n) is 3.70.